The molecular formula is C9H14N2OS. The summed E-state index contributed by atoms with van der Waals surface area (Å²) in [6, 6.07) is 0. The molecule has 0 bridgehead atoms. The van der Waals surface area contributed by atoms with E-state index in [0.717, 1.165) is 25.1 Å². The van der Waals surface area contributed by atoms with Gasteiger partial charge in [0.1, 0.15) is 0 Å². The van der Waals surface area contributed by atoms with Crippen molar-refractivity contribution in [3.63, 3.8) is 0 Å². The molecule has 0 radical (unpaired) electrons. The van der Waals surface area contributed by atoms with E-state index in [-0.39, 0.29) is 0 Å². The summed E-state index contributed by atoms with van der Waals surface area (Å²) >= 11 is 1.61. The third kappa shape index (κ3) is 2.27. The molecule has 1 fully saturated rings. The Morgan fingerprint density at radius 1 is 1.62 bits per heavy atom. The fraction of sp³-hybridized carbons (Fsp3) is 0.667. The van der Waals surface area contributed by atoms with Gasteiger partial charge in [0.25, 0.3) is 0 Å². The SMILES string of the molecule is NCC1CC(OCc2cscn2)C1. The zero-order valence-electron chi connectivity index (χ0n) is 7.48. The number of nitrogens with zero attached hydrogens (tertiary/aromatic N) is 1. The molecule has 2 N–H and O–H groups in total. The summed E-state index contributed by atoms with van der Waals surface area (Å²) in [6.45, 7) is 1.46. The second kappa shape index (κ2) is 4.17. The van der Waals surface area contributed by atoms with Gasteiger partial charge in [-0.25, -0.2) is 4.98 Å². The molecule has 3 nitrogen and oxygen atoms in total. The predicted molar refractivity (Wildman–Crippen MR) is 52.5 cm³/mol. The van der Waals surface area contributed by atoms with Crippen molar-refractivity contribution in [1.29, 1.82) is 0 Å². The van der Waals surface area contributed by atoms with E-state index in [0.29, 0.717) is 18.6 Å². The van der Waals surface area contributed by atoms with Crippen LogP contribution in [0.2, 0.25) is 0 Å². The van der Waals surface area contributed by atoms with Crippen LogP contribution in [-0.2, 0) is 11.3 Å². The lowest BCUT2D eigenvalue weighted by molar-refractivity contribution is -0.0386. The minimum atomic E-state index is 0.426. The average Bonchev–Trinajstić information content (AvgIpc) is 2.54. The summed E-state index contributed by atoms with van der Waals surface area (Å²) in [6.07, 6.45) is 2.68. The van der Waals surface area contributed by atoms with Crippen molar-refractivity contribution in [1.82, 2.24) is 4.98 Å². The van der Waals surface area contributed by atoms with Crippen molar-refractivity contribution >= 4 is 11.3 Å². The van der Waals surface area contributed by atoms with Gasteiger partial charge in [0.2, 0.25) is 0 Å². The molecule has 1 aliphatic carbocycles. The van der Waals surface area contributed by atoms with Crippen LogP contribution in [0.4, 0.5) is 0 Å². The van der Waals surface area contributed by atoms with Crippen molar-refractivity contribution in [3.05, 3.63) is 16.6 Å². The monoisotopic (exact) mass is 198 g/mol. The van der Waals surface area contributed by atoms with Crippen LogP contribution in [0.25, 0.3) is 0 Å². The zero-order valence-corrected chi connectivity index (χ0v) is 8.30. The minimum Gasteiger partial charge on any atom is -0.372 e. The van der Waals surface area contributed by atoms with Gasteiger partial charge in [0, 0.05) is 5.38 Å². The van der Waals surface area contributed by atoms with Crippen LogP contribution in [-0.4, -0.2) is 17.6 Å². The topological polar surface area (TPSA) is 48.1 Å². The Morgan fingerprint density at radius 3 is 3.08 bits per heavy atom. The van der Waals surface area contributed by atoms with Gasteiger partial charge < -0.3 is 10.5 Å². The third-order valence-electron chi connectivity index (χ3n) is 2.48. The Morgan fingerprint density at radius 2 is 2.46 bits per heavy atom. The average molecular weight is 198 g/mol. The van der Waals surface area contributed by atoms with Crippen LogP contribution in [0, 0.1) is 5.92 Å². The minimum absolute atomic E-state index is 0.426. The molecule has 0 unspecified atom stereocenters. The molecule has 72 valence electrons. The highest BCUT2D eigenvalue weighted by atomic mass is 32.1. The Balaban J connectivity index is 1.65. The van der Waals surface area contributed by atoms with Gasteiger partial charge in [-0.1, -0.05) is 0 Å². The molecule has 13 heavy (non-hydrogen) atoms. The summed E-state index contributed by atoms with van der Waals surface area (Å²) in [5.41, 5.74) is 8.40. The van der Waals surface area contributed by atoms with E-state index in [4.69, 9.17) is 10.5 Å². The highest BCUT2D eigenvalue weighted by Gasteiger charge is 2.28. The second-order valence-corrected chi connectivity index (χ2v) is 4.20. The van der Waals surface area contributed by atoms with Gasteiger partial charge in [-0.2, -0.15) is 0 Å². The van der Waals surface area contributed by atoms with Crippen LogP contribution in [0.1, 0.15) is 18.5 Å². The largest absolute Gasteiger partial charge is 0.372 e. The smallest absolute Gasteiger partial charge is 0.0900 e. The molecule has 0 aromatic carbocycles. The maximum Gasteiger partial charge on any atom is 0.0900 e. The third-order valence-corrected chi connectivity index (χ3v) is 3.11. The van der Waals surface area contributed by atoms with E-state index in [1.807, 2.05) is 10.9 Å². The molecule has 1 aliphatic rings. The van der Waals surface area contributed by atoms with Crippen molar-refractivity contribution in [2.45, 2.75) is 25.6 Å². The van der Waals surface area contributed by atoms with E-state index in [9.17, 15) is 0 Å². The summed E-state index contributed by atoms with van der Waals surface area (Å²) in [5, 5.41) is 2.03. The molecule has 0 spiro atoms. The van der Waals surface area contributed by atoms with Crippen LogP contribution < -0.4 is 5.73 Å². The standard InChI is InChI=1S/C9H14N2OS/c10-3-7-1-9(2-7)12-4-8-5-13-6-11-8/h5-7,9H,1-4,10H2. The van der Waals surface area contributed by atoms with Gasteiger partial charge in [0.15, 0.2) is 0 Å². The van der Waals surface area contributed by atoms with E-state index in [1.165, 1.54) is 0 Å². The number of aromatic nitrogens is 1. The molecule has 0 aliphatic heterocycles. The number of hydrogen-bond acceptors (Lipinski definition) is 4. The Kier molecular flexibility index (Phi) is 2.93. The van der Waals surface area contributed by atoms with Crippen molar-refractivity contribution in [3.8, 4) is 0 Å². The lowest BCUT2D eigenvalue weighted by Gasteiger charge is -2.33. The van der Waals surface area contributed by atoms with Gasteiger partial charge in [0.05, 0.1) is 23.9 Å². The van der Waals surface area contributed by atoms with E-state index in [1.54, 1.807) is 11.3 Å². The van der Waals surface area contributed by atoms with Gasteiger partial charge >= 0.3 is 0 Å². The Labute approximate surface area is 81.9 Å². The number of thiazole rings is 1. The molecule has 0 atom stereocenters. The van der Waals surface area contributed by atoms with Crippen LogP contribution in [0.15, 0.2) is 10.9 Å². The molecule has 1 saturated carbocycles. The quantitative estimate of drug-likeness (QED) is 0.795. The maximum atomic E-state index is 5.64. The van der Waals surface area contributed by atoms with Crippen molar-refractivity contribution < 1.29 is 4.74 Å². The number of ether oxygens (including phenoxy) is 1. The first-order chi connectivity index (χ1) is 6.38. The Hall–Kier alpha value is -0.450. The van der Waals surface area contributed by atoms with Crippen molar-refractivity contribution in [2.75, 3.05) is 6.54 Å². The zero-order chi connectivity index (χ0) is 9.10. The molecule has 1 aromatic heterocycles. The molecule has 1 heterocycles. The lowest BCUT2D eigenvalue weighted by Crippen LogP contribution is -2.35. The molecule has 2 rings (SSSR count). The predicted octanol–water partition coefficient (Wildman–Crippen LogP) is 1.40. The number of nitrogens with two attached hydrogens (primary N) is 1. The molecule has 4 heteroatoms. The molecule has 0 saturated heterocycles. The number of rotatable bonds is 4. The van der Waals surface area contributed by atoms with Gasteiger partial charge in [-0.15, -0.1) is 11.3 Å². The van der Waals surface area contributed by atoms with Crippen LogP contribution >= 0.6 is 11.3 Å². The first kappa shape index (κ1) is 9.12. The first-order valence-corrected chi connectivity index (χ1v) is 5.51. The summed E-state index contributed by atoms with van der Waals surface area (Å²) in [4.78, 5) is 4.15. The summed E-state index contributed by atoms with van der Waals surface area (Å²) in [7, 11) is 0. The maximum absolute atomic E-state index is 5.64. The van der Waals surface area contributed by atoms with Gasteiger partial charge in [-0.05, 0) is 25.3 Å². The fourth-order valence-electron chi connectivity index (χ4n) is 1.52. The number of hydrogen-bond donors (Lipinski definition) is 1. The van der Waals surface area contributed by atoms with E-state index < -0.39 is 0 Å². The molecular weight excluding hydrogens is 184 g/mol. The molecule has 0 amide bonds. The van der Waals surface area contributed by atoms with Crippen molar-refractivity contribution in [2.24, 2.45) is 11.7 Å². The van der Waals surface area contributed by atoms with Crippen LogP contribution in [0.3, 0.4) is 0 Å². The van der Waals surface area contributed by atoms with Crippen LogP contribution in [0.5, 0.6) is 0 Å². The second-order valence-electron chi connectivity index (χ2n) is 3.49. The summed E-state index contributed by atoms with van der Waals surface area (Å²) in [5.74, 6) is 0.695. The lowest BCUT2D eigenvalue weighted by atomic mass is 9.82. The first-order valence-electron chi connectivity index (χ1n) is 4.57. The fourth-order valence-corrected chi connectivity index (χ4v) is 2.06. The Bertz CT molecular complexity index is 244. The van der Waals surface area contributed by atoms with Gasteiger partial charge in [-0.3, -0.25) is 0 Å². The highest BCUT2D eigenvalue weighted by molar-refractivity contribution is 7.07. The highest BCUT2D eigenvalue weighted by Crippen LogP contribution is 2.29. The summed E-state index contributed by atoms with van der Waals surface area (Å²) < 4.78 is 5.64. The van der Waals surface area contributed by atoms with E-state index >= 15 is 0 Å². The normalized spacial score (nSPS) is 27.2. The molecule has 1 aromatic rings. The van der Waals surface area contributed by atoms with E-state index in [2.05, 4.69) is 4.98 Å².